The van der Waals surface area contributed by atoms with Crippen molar-refractivity contribution in [2.75, 3.05) is 26.1 Å². The molecule has 0 radical (unpaired) electrons. The molecule has 2 rings (SSSR count). The standard InChI is InChI=1S/C20H23N3O6S/c1-6-29-19(25)16-11(2)17(12(3)24)30-18(16)22-20(26)23-21-10-13-9-14(27-4)7-8-15(13)28-5/h7-10H,6H2,1-5H3,(H2,22,23,26)/b21-10+. The Morgan fingerprint density at radius 1 is 1.20 bits per heavy atom. The molecule has 1 aromatic carbocycles. The zero-order chi connectivity index (χ0) is 22.3. The van der Waals surface area contributed by atoms with E-state index in [9.17, 15) is 14.4 Å². The van der Waals surface area contributed by atoms with E-state index < -0.39 is 12.0 Å². The van der Waals surface area contributed by atoms with Crippen molar-refractivity contribution in [3.63, 3.8) is 0 Å². The molecule has 160 valence electrons. The molecule has 30 heavy (non-hydrogen) atoms. The molecule has 0 fully saturated rings. The molecule has 0 saturated heterocycles. The Bertz CT molecular complexity index is 983. The van der Waals surface area contributed by atoms with Gasteiger partial charge in [0.25, 0.3) is 0 Å². The predicted molar refractivity (Wildman–Crippen MR) is 114 cm³/mol. The number of carbonyl (C=O) groups excluding carboxylic acids is 3. The van der Waals surface area contributed by atoms with E-state index in [-0.39, 0.29) is 23.0 Å². The first-order valence-electron chi connectivity index (χ1n) is 8.95. The van der Waals surface area contributed by atoms with Crippen LogP contribution in [-0.2, 0) is 4.74 Å². The Balaban J connectivity index is 2.19. The molecule has 0 saturated carbocycles. The highest BCUT2D eigenvalue weighted by Crippen LogP contribution is 2.34. The van der Waals surface area contributed by atoms with Gasteiger partial charge in [0.15, 0.2) is 5.78 Å². The molecular weight excluding hydrogens is 410 g/mol. The van der Waals surface area contributed by atoms with Gasteiger partial charge in [-0.3, -0.25) is 10.1 Å². The smallest absolute Gasteiger partial charge is 0.341 e. The Labute approximate surface area is 178 Å². The van der Waals surface area contributed by atoms with Crippen LogP contribution in [-0.4, -0.2) is 44.8 Å². The maximum absolute atomic E-state index is 12.3. The summed E-state index contributed by atoms with van der Waals surface area (Å²) in [6.07, 6.45) is 1.40. The third-order valence-corrected chi connectivity index (χ3v) is 5.29. The maximum Gasteiger partial charge on any atom is 0.341 e. The van der Waals surface area contributed by atoms with E-state index in [4.69, 9.17) is 14.2 Å². The number of ketones is 1. The van der Waals surface area contributed by atoms with Gasteiger partial charge in [-0.2, -0.15) is 5.10 Å². The lowest BCUT2D eigenvalue weighted by atomic mass is 10.1. The van der Waals surface area contributed by atoms with Crippen molar-refractivity contribution in [1.82, 2.24) is 5.43 Å². The van der Waals surface area contributed by atoms with Crippen molar-refractivity contribution >= 4 is 40.3 Å². The fourth-order valence-corrected chi connectivity index (χ4v) is 3.70. The molecule has 0 aliphatic carbocycles. The van der Waals surface area contributed by atoms with E-state index in [1.165, 1.54) is 27.4 Å². The number of methoxy groups -OCH3 is 2. The Kier molecular flexibility index (Phi) is 7.93. The van der Waals surface area contributed by atoms with Crippen molar-refractivity contribution in [1.29, 1.82) is 0 Å². The normalized spacial score (nSPS) is 10.6. The third kappa shape index (κ3) is 5.35. The predicted octanol–water partition coefficient (Wildman–Crippen LogP) is 3.61. The minimum absolute atomic E-state index is 0.153. The van der Waals surface area contributed by atoms with Crippen LogP contribution < -0.4 is 20.2 Å². The second-order valence-electron chi connectivity index (χ2n) is 5.97. The van der Waals surface area contributed by atoms with Crippen LogP contribution in [0.25, 0.3) is 0 Å². The Morgan fingerprint density at radius 2 is 1.93 bits per heavy atom. The zero-order valence-corrected chi connectivity index (χ0v) is 18.1. The lowest BCUT2D eigenvalue weighted by Crippen LogP contribution is -2.25. The number of urea groups is 1. The van der Waals surface area contributed by atoms with Crippen LogP contribution in [0.15, 0.2) is 23.3 Å². The van der Waals surface area contributed by atoms with Crippen LogP contribution in [0.1, 0.15) is 45.0 Å². The Hall–Kier alpha value is -3.40. The topological polar surface area (TPSA) is 115 Å². The molecule has 1 aromatic heterocycles. The number of carbonyl (C=O) groups is 3. The van der Waals surface area contributed by atoms with E-state index in [1.807, 2.05) is 0 Å². The average molecular weight is 433 g/mol. The van der Waals surface area contributed by atoms with Crippen LogP contribution in [0.3, 0.4) is 0 Å². The van der Waals surface area contributed by atoms with Crippen LogP contribution in [0.4, 0.5) is 9.80 Å². The summed E-state index contributed by atoms with van der Waals surface area (Å²) >= 11 is 1.01. The summed E-state index contributed by atoms with van der Waals surface area (Å²) in [5.74, 6) is 0.330. The van der Waals surface area contributed by atoms with E-state index in [0.29, 0.717) is 27.5 Å². The van der Waals surface area contributed by atoms with Crippen LogP contribution in [0.2, 0.25) is 0 Å². The molecule has 0 aliphatic heterocycles. The molecule has 0 bridgehead atoms. The highest BCUT2D eigenvalue weighted by Gasteiger charge is 2.25. The monoisotopic (exact) mass is 433 g/mol. The van der Waals surface area contributed by atoms with Crippen molar-refractivity contribution in [3.8, 4) is 11.5 Å². The third-order valence-electron chi connectivity index (χ3n) is 3.98. The molecule has 10 heteroatoms. The number of thiophene rings is 1. The number of anilines is 1. The maximum atomic E-state index is 12.3. The van der Waals surface area contributed by atoms with Crippen molar-refractivity contribution in [2.45, 2.75) is 20.8 Å². The first-order valence-corrected chi connectivity index (χ1v) is 9.77. The van der Waals surface area contributed by atoms with Gasteiger partial charge in [0.2, 0.25) is 0 Å². The number of hydrazone groups is 1. The minimum atomic E-state index is -0.685. The number of esters is 1. The molecule has 2 aromatic rings. The van der Waals surface area contributed by atoms with E-state index in [2.05, 4.69) is 15.8 Å². The summed E-state index contributed by atoms with van der Waals surface area (Å²) < 4.78 is 15.4. The number of nitrogens with one attached hydrogen (secondary N) is 2. The molecule has 0 spiro atoms. The molecule has 0 aliphatic rings. The number of amides is 2. The lowest BCUT2D eigenvalue weighted by molar-refractivity contribution is 0.0527. The van der Waals surface area contributed by atoms with Gasteiger partial charge in [-0.05, 0) is 44.5 Å². The number of benzene rings is 1. The molecular formula is C20H23N3O6S. The van der Waals surface area contributed by atoms with E-state index >= 15 is 0 Å². The highest BCUT2D eigenvalue weighted by molar-refractivity contribution is 7.18. The molecule has 2 amide bonds. The van der Waals surface area contributed by atoms with Gasteiger partial charge in [-0.25, -0.2) is 15.0 Å². The summed E-state index contributed by atoms with van der Waals surface area (Å²) in [6.45, 7) is 4.87. The quantitative estimate of drug-likeness (QED) is 0.284. The second kappa shape index (κ2) is 10.4. The molecule has 0 unspecified atom stereocenters. The molecule has 1 heterocycles. The highest BCUT2D eigenvalue weighted by atomic mass is 32.1. The van der Waals surface area contributed by atoms with E-state index in [1.54, 1.807) is 32.0 Å². The largest absolute Gasteiger partial charge is 0.497 e. The number of rotatable bonds is 8. The van der Waals surface area contributed by atoms with Crippen molar-refractivity contribution < 1.29 is 28.6 Å². The lowest BCUT2D eigenvalue weighted by Gasteiger charge is -2.07. The number of nitrogens with zero attached hydrogens (tertiary/aromatic N) is 1. The number of Topliss-reactive ketones (excluding diaryl/α,β-unsaturated/α-hetero) is 1. The molecule has 9 nitrogen and oxygen atoms in total. The SMILES string of the molecule is CCOC(=O)c1c(NC(=O)N/N=C/c2cc(OC)ccc2OC)sc(C(C)=O)c1C. The summed E-state index contributed by atoms with van der Waals surface area (Å²) in [7, 11) is 3.05. The summed E-state index contributed by atoms with van der Waals surface area (Å²) in [5, 5.41) is 6.66. The van der Waals surface area contributed by atoms with Gasteiger partial charge < -0.3 is 14.2 Å². The number of hydrogen-bond donors (Lipinski definition) is 2. The fraction of sp³-hybridized carbons (Fsp3) is 0.300. The van der Waals surface area contributed by atoms with Crippen LogP contribution in [0, 0.1) is 6.92 Å². The van der Waals surface area contributed by atoms with Gasteiger partial charge in [0.05, 0.1) is 37.5 Å². The minimum Gasteiger partial charge on any atom is -0.497 e. The van der Waals surface area contributed by atoms with Gasteiger partial charge in [0.1, 0.15) is 16.5 Å². The Morgan fingerprint density at radius 3 is 2.53 bits per heavy atom. The molecule has 0 atom stereocenters. The first-order chi connectivity index (χ1) is 14.3. The zero-order valence-electron chi connectivity index (χ0n) is 17.3. The van der Waals surface area contributed by atoms with Crippen LogP contribution >= 0.6 is 11.3 Å². The van der Waals surface area contributed by atoms with E-state index in [0.717, 1.165) is 11.3 Å². The summed E-state index contributed by atoms with van der Waals surface area (Å²) in [6, 6.07) is 4.46. The van der Waals surface area contributed by atoms with Crippen LogP contribution in [0.5, 0.6) is 11.5 Å². The molecule has 2 N–H and O–H groups in total. The van der Waals surface area contributed by atoms with Gasteiger partial charge in [-0.15, -0.1) is 11.3 Å². The van der Waals surface area contributed by atoms with Gasteiger partial charge in [0, 0.05) is 5.56 Å². The average Bonchev–Trinajstić information content (AvgIpc) is 3.04. The van der Waals surface area contributed by atoms with Gasteiger partial charge >= 0.3 is 12.0 Å². The van der Waals surface area contributed by atoms with Crippen molar-refractivity contribution in [2.24, 2.45) is 5.10 Å². The summed E-state index contributed by atoms with van der Waals surface area (Å²) in [5.41, 5.74) is 3.53. The van der Waals surface area contributed by atoms with Crippen molar-refractivity contribution in [3.05, 3.63) is 39.8 Å². The number of ether oxygens (including phenoxy) is 3. The first kappa shape index (κ1) is 22.9. The summed E-state index contributed by atoms with van der Waals surface area (Å²) in [4.78, 5) is 36.8. The number of hydrogen-bond acceptors (Lipinski definition) is 8. The second-order valence-corrected chi connectivity index (χ2v) is 6.99. The fourth-order valence-electron chi connectivity index (χ4n) is 2.62. The van der Waals surface area contributed by atoms with Gasteiger partial charge in [-0.1, -0.05) is 0 Å².